The Morgan fingerprint density at radius 2 is 1.74 bits per heavy atom. The lowest BCUT2D eigenvalue weighted by Crippen LogP contribution is -2.35. The number of benzene rings is 2. The minimum atomic E-state index is -1.03. The van der Waals surface area contributed by atoms with E-state index in [-0.39, 0.29) is 22.5 Å². The summed E-state index contributed by atoms with van der Waals surface area (Å²) in [6.07, 6.45) is -0.364. The van der Waals surface area contributed by atoms with Gasteiger partial charge in [0.1, 0.15) is 5.82 Å². The summed E-state index contributed by atoms with van der Waals surface area (Å²) in [4.78, 5) is 28.0. The maximum atomic E-state index is 14.1. The van der Waals surface area contributed by atoms with E-state index in [2.05, 4.69) is 10.2 Å². The van der Waals surface area contributed by atoms with Crippen LogP contribution in [-0.4, -0.2) is 59.6 Å². The quantitative estimate of drug-likeness (QED) is 0.707. The van der Waals surface area contributed by atoms with Crippen molar-refractivity contribution in [1.82, 2.24) is 15.1 Å². The molecular formula is C23H25ClFN3O3. The number of rotatable bonds is 6. The molecule has 2 aromatic rings. The van der Waals surface area contributed by atoms with E-state index in [1.54, 1.807) is 4.90 Å². The van der Waals surface area contributed by atoms with Crippen LogP contribution < -0.4 is 5.32 Å². The fraction of sp³-hybridized carbons (Fsp3) is 0.391. The molecule has 2 aliphatic rings. The Labute approximate surface area is 185 Å². The Hall–Kier alpha value is -2.64. The number of nitrogens with one attached hydrogen (secondary N) is 1. The lowest BCUT2D eigenvalue weighted by molar-refractivity contribution is 0.0769. The molecule has 2 heterocycles. The Morgan fingerprint density at radius 1 is 1.06 bits per heavy atom. The molecule has 3 atom stereocenters. The van der Waals surface area contributed by atoms with Crippen molar-refractivity contribution in [2.45, 2.75) is 12.5 Å². The van der Waals surface area contributed by atoms with E-state index in [1.807, 2.05) is 30.3 Å². The van der Waals surface area contributed by atoms with Gasteiger partial charge in [-0.15, -0.1) is 0 Å². The highest BCUT2D eigenvalue weighted by Crippen LogP contribution is 2.33. The zero-order valence-electron chi connectivity index (χ0n) is 17.0. The average Bonchev–Trinajstić information content (AvgIpc) is 3.30. The maximum Gasteiger partial charge on any atom is 0.405 e. The smallest absolute Gasteiger partial charge is 0.405 e. The van der Waals surface area contributed by atoms with Crippen molar-refractivity contribution in [2.24, 2.45) is 11.8 Å². The highest BCUT2D eigenvalue weighted by atomic mass is 35.5. The van der Waals surface area contributed by atoms with Crippen molar-refractivity contribution in [3.8, 4) is 0 Å². The number of carbonyl (C=O) groups is 2. The summed E-state index contributed by atoms with van der Waals surface area (Å²) >= 11 is 6.06. The molecule has 0 saturated carbocycles. The van der Waals surface area contributed by atoms with Gasteiger partial charge < -0.3 is 20.2 Å². The zero-order chi connectivity index (χ0) is 22.0. The average molecular weight is 446 g/mol. The second-order valence-electron chi connectivity index (χ2n) is 8.29. The van der Waals surface area contributed by atoms with E-state index in [1.165, 1.54) is 18.2 Å². The van der Waals surface area contributed by atoms with Crippen molar-refractivity contribution >= 4 is 23.6 Å². The molecule has 0 bridgehead atoms. The van der Waals surface area contributed by atoms with Gasteiger partial charge in [-0.3, -0.25) is 4.79 Å². The first-order valence-electron chi connectivity index (χ1n) is 10.4. The number of amides is 2. The van der Waals surface area contributed by atoms with Crippen molar-refractivity contribution in [1.29, 1.82) is 0 Å². The summed E-state index contributed by atoms with van der Waals surface area (Å²) in [5.74, 6) is -0.276. The Balaban J connectivity index is 1.33. The second-order valence-corrected chi connectivity index (χ2v) is 8.70. The van der Waals surface area contributed by atoms with Gasteiger partial charge in [-0.1, -0.05) is 48.0 Å². The van der Waals surface area contributed by atoms with Gasteiger partial charge in [0.05, 0.1) is 16.6 Å². The summed E-state index contributed by atoms with van der Waals surface area (Å²) in [6, 6.07) is 13.6. The highest BCUT2D eigenvalue weighted by molar-refractivity contribution is 6.33. The number of likely N-dealkylation sites (tertiary alicyclic amines) is 2. The molecule has 2 fully saturated rings. The minimum Gasteiger partial charge on any atom is -0.465 e. The molecule has 4 rings (SSSR count). The van der Waals surface area contributed by atoms with Gasteiger partial charge in [0, 0.05) is 32.7 Å². The van der Waals surface area contributed by atoms with Crippen molar-refractivity contribution in [2.75, 3.05) is 32.7 Å². The van der Waals surface area contributed by atoms with Crippen LogP contribution in [0.3, 0.4) is 0 Å². The first-order valence-corrected chi connectivity index (χ1v) is 10.8. The van der Waals surface area contributed by atoms with Gasteiger partial charge in [0.2, 0.25) is 0 Å². The van der Waals surface area contributed by atoms with E-state index in [0.717, 1.165) is 25.2 Å². The third-order valence-corrected chi connectivity index (χ3v) is 6.57. The summed E-state index contributed by atoms with van der Waals surface area (Å²) in [5.41, 5.74) is 0.897. The standard InChI is InChI=1S/C23H25ClFN3O3/c24-18-7-4-8-19(25)21(18)22(29)28-13-16-11-27(12-17(16)14-28)10-9-20(26-23(30)31)15-5-2-1-3-6-15/h1-8,16-17,20,26H,9-14H2,(H,30,31)/t16-,17?,20+/m0/s1. The number of carbonyl (C=O) groups excluding carboxylic acids is 1. The van der Waals surface area contributed by atoms with E-state index in [9.17, 15) is 19.1 Å². The fourth-order valence-electron chi connectivity index (χ4n) is 4.77. The first-order chi connectivity index (χ1) is 14.9. The summed E-state index contributed by atoms with van der Waals surface area (Å²) in [6.45, 7) is 3.61. The van der Waals surface area contributed by atoms with Crippen LogP contribution in [0.4, 0.5) is 9.18 Å². The van der Waals surface area contributed by atoms with Crippen LogP contribution in [0.15, 0.2) is 48.5 Å². The number of fused-ring (bicyclic) bond motifs is 1. The van der Waals surface area contributed by atoms with Crippen LogP contribution in [0, 0.1) is 17.7 Å². The van der Waals surface area contributed by atoms with Gasteiger partial charge in [-0.2, -0.15) is 0 Å². The Morgan fingerprint density at radius 3 is 2.35 bits per heavy atom. The van der Waals surface area contributed by atoms with E-state index >= 15 is 0 Å². The molecule has 0 spiro atoms. The molecule has 2 N–H and O–H groups in total. The molecule has 0 radical (unpaired) electrons. The topological polar surface area (TPSA) is 72.9 Å². The second kappa shape index (κ2) is 9.24. The largest absolute Gasteiger partial charge is 0.465 e. The van der Waals surface area contributed by atoms with Gasteiger partial charge in [0.25, 0.3) is 5.91 Å². The van der Waals surface area contributed by atoms with Gasteiger partial charge in [-0.05, 0) is 36.0 Å². The SMILES string of the molecule is O=C(O)N[C@H](CCN1CC2CN(C(=O)c3c(F)cccc3Cl)C[C@@H]2C1)c1ccccc1. The number of hydrogen-bond donors (Lipinski definition) is 2. The van der Waals surface area contributed by atoms with E-state index < -0.39 is 11.9 Å². The summed E-state index contributed by atoms with van der Waals surface area (Å²) in [5, 5.41) is 11.9. The molecule has 6 nitrogen and oxygen atoms in total. The molecule has 2 aromatic carbocycles. The monoisotopic (exact) mass is 445 g/mol. The van der Waals surface area contributed by atoms with Crippen LogP contribution in [-0.2, 0) is 0 Å². The molecule has 2 amide bonds. The van der Waals surface area contributed by atoms with E-state index in [0.29, 0.717) is 31.3 Å². The molecule has 2 aliphatic heterocycles. The minimum absolute atomic E-state index is 0.0496. The molecule has 164 valence electrons. The lowest BCUT2D eigenvalue weighted by Gasteiger charge is -2.24. The molecular weight excluding hydrogens is 421 g/mol. The third-order valence-electron chi connectivity index (χ3n) is 6.26. The third kappa shape index (κ3) is 4.83. The number of nitrogens with zero attached hydrogens (tertiary/aromatic N) is 2. The van der Waals surface area contributed by atoms with Crippen LogP contribution in [0.5, 0.6) is 0 Å². The number of halogens is 2. The number of hydrogen-bond acceptors (Lipinski definition) is 3. The van der Waals surface area contributed by atoms with Crippen LogP contribution in [0.2, 0.25) is 5.02 Å². The van der Waals surface area contributed by atoms with Crippen molar-refractivity contribution in [3.63, 3.8) is 0 Å². The van der Waals surface area contributed by atoms with Gasteiger partial charge >= 0.3 is 6.09 Å². The summed E-state index contributed by atoms with van der Waals surface area (Å²) < 4.78 is 14.1. The maximum absolute atomic E-state index is 14.1. The van der Waals surface area contributed by atoms with Crippen LogP contribution in [0.25, 0.3) is 0 Å². The van der Waals surface area contributed by atoms with Gasteiger partial charge in [-0.25, -0.2) is 9.18 Å². The Kier molecular flexibility index (Phi) is 6.43. The number of carboxylic acid groups (broad SMARTS) is 1. The molecule has 1 unspecified atom stereocenters. The Bertz CT molecular complexity index is 924. The van der Waals surface area contributed by atoms with E-state index in [4.69, 9.17) is 11.6 Å². The first kappa shape index (κ1) is 21.6. The molecule has 31 heavy (non-hydrogen) atoms. The molecule has 2 saturated heterocycles. The summed E-state index contributed by atoms with van der Waals surface area (Å²) in [7, 11) is 0. The van der Waals surface area contributed by atoms with Gasteiger partial charge in [0.15, 0.2) is 0 Å². The van der Waals surface area contributed by atoms with Crippen LogP contribution in [0.1, 0.15) is 28.4 Å². The zero-order valence-corrected chi connectivity index (χ0v) is 17.8. The predicted molar refractivity (Wildman–Crippen MR) is 116 cm³/mol. The predicted octanol–water partition coefficient (Wildman–Crippen LogP) is 3.88. The molecule has 0 aromatic heterocycles. The normalized spacial score (nSPS) is 21.7. The lowest BCUT2D eigenvalue weighted by atomic mass is 10.0. The molecule has 8 heteroatoms. The fourth-order valence-corrected chi connectivity index (χ4v) is 5.01. The van der Waals surface area contributed by atoms with Crippen molar-refractivity contribution in [3.05, 3.63) is 70.5 Å². The molecule has 0 aliphatic carbocycles. The van der Waals surface area contributed by atoms with Crippen molar-refractivity contribution < 1.29 is 19.1 Å². The van der Waals surface area contributed by atoms with Crippen LogP contribution >= 0.6 is 11.6 Å². The highest BCUT2D eigenvalue weighted by Gasteiger charge is 2.42.